The summed E-state index contributed by atoms with van der Waals surface area (Å²) in [6, 6.07) is -0.0805. The van der Waals surface area contributed by atoms with Crippen LogP contribution in [0.5, 0.6) is 0 Å². The molecular formula is C8H16N2O2. The third-order valence-electron chi connectivity index (χ3n) is 1.78. The zero-order valence-corrected chi connectivity index (χ0v) is 7.45. The number of rotatable bonds is 2. The first-order valence-corrected chi connectivity index (χ1v) is 4.39. The van der Waals surface area contributed by atoms with Crippen LogP contribution < -0.4 is 5.73 Å². The van der Waals surface area contributed by atoms with E-state index in [-0.39, 0.29) is 11.9 Å². The molecule has 4 nitrogen and oxygen atoms in total. The van der Waals surface area contributed by atoms with E-state index in [0.717, 1.165) is 12.8 Å². The molecule has 12 heavy (non-hydrogen) atoms. The van der Waals surface area contributed by atoms with Crippen LogP contribution in [0, 0.1) is 0 Å². The van der Waals surface area contributed by atoms with Crippen molar-refractivity contribution in [3.63, 3.8) is 0 Å². The normalized spacial score (nSPS) is 20.7. The van der Waals surface area contributed by atoms with Gasteiger partial charge in [0.25, 0.3) is 0 Å². The van der Waals surface area contributed by atoms with Gasteiger partial charge in [0, 0.05) is 19.0 Å². The Morgan fingerprint density at radius 2 is 2.42 bits per heavy atom. The van der Waals surface area contributed by atoms with Gasteiger partial charge in [-0.15, -0.1) is 0 Å². The van der Waals surface area contributed by atoms with E-state index in [1.165, 1.54) is 5.06 Å². The highest BCUT2D eigenvalue weighted by Crippen LogP contribution is 2.07. The fraction of sp³-hybridized carbons (Fsp3) is 0.875. The highest BCUT2D eigenvalue weighted by atomic mass is 16.7. The number of hydroxylamine groups is 2. The fourth-order valence-electron chi connectivity index (χ4n) is 1.17. The number of hydrogen-bond acceptors (Lipinski definition) is 3. The van der Waals surface area contributed by atoms with Crippen molar-refractivity contribution in [1.29, 1.82) is 0 Å². The third-order valence-corrected chi connectivity index (χ3v) is 1.78. The van der Waals surface area contributed by atoms with Crippen LogP contribution in [-0.4, -0.2) is 30.2 Å². The molecule has 1 unspecified atom stereocenters. The molecule has 0 aromatic carbocycles. The highest BCUT2D eigenvalue weighted by Gasteiger charge is 2.18. The molecular weight excluding hydrogens is 156 g/mol. The van der Waals surface area contributed by atoms with E-state index in [0.29, 0.717) is 19.6 Å². The lowest BCUT2D eigenvalue weighted by Gasteiger charge is -2.26. The van der Waals surface area contributed by atoms with E-state index in [2.05, 4.69) is 0 Å². The SMILES string of the molecule is CC(N)CC(=O)N1CCCCO1. The molecule has 0 bridgehead atoms. The van der Waals surface area contributed by atoms with Crippen LogP contribution in [0.25, 0.3) is 0 Å². The molecule has 1 fully saturated rings. The number of amides is 1. The monoisotopic (exact) mass is 172 g/mol. The number of carbonyl (C=O) groups is 1. The van der Waals surface area contributed by atoms with Gasteiger partial charge in [0.15, 0.2) is 0 Å². The van der Waals surface area contributed by atoms with Gasteiger partial charge >= 0.3 is 0 Å². The molecule has 0 aromatic rings. The predicted molar refractivity (Wildman–Crippen MR) is 45.2 cm³/mol. The molecule has 70 valence electrons. The molecule has 1 aliphatic heterocycles. The van der Waals surface area contributed by atoms with Crippen molar-refractivity contribution in [2.24, 2.45) is 5.73 Å². The molecule has 1 saturated heterocycles. The predicted octanol–water partition coefficient (Wildman–Crippen LogP) is 0.278. The molecule has 0 aromatic heterocycles. The fourth-order valence-corrected chi connectivity index (χ4v) is 1.17. The molecule has 0 aliphatic carbocycles. The minimum atomic E-state index is -0.0805. The molecule has 0 spiro atoms. The largest absolute Gasteiger partial charge is 0.327 e. The second-order valence-electron chi connectivity index (χ2n) is 3.22. The highest BCUT2D eigenvalue weighted by molar-refractivity contribution is 5.75. The van der Waals surface area contributed by atoms with Gasteiger partial charge in [-0.05, 0) is 19.8 Å². The van der Waals surface area contributed by atoms with Crippen LogP contribution in [0.4, 0.5) is 0 Å². The third kappa shape index (κ3) is 2.79. The van der Waals surface area contributed by atoms with E-state index in [4.69, 9.17) is 10.6 Å². The van der Waals surface area contributed by atoms with E-state index < -0.39 is 0 Å². The Labute approximate surface area is 72.6 Å². The Morgan fingerprint density at radius 1 is 1.67 bits per heavy atom. The number of hydrogen-bond donors (Lipinski definition) is 1. The van der Waals surface area contributed by atoms with Gasteiger partial charge in [-0.2, -0.15) is 0 Å². The summed E-state index contributed by atoms with van der Waals surface area (Å²) in [5.41, 5.74) is 5.50. The second-order valence-corrected chi connectivity index (χ2v) is 3.22. The molecule has 4 heteroatoms. The first-order valence-electron chi connectivity index (χ1n) is 4.39. The van der Waals surface area contributed by atoms with Crippen LogP contribution >= 0.6 is 0 Å². The van der Waals surface area contributed by atoms with Gasteiger partial charge < -0.3 is 5.73 Å². The Morgan fingerprint density at radius 3 is 2.92 bits per heavy atom. The van der Waals surface area contributed by atoms with Gasteiger partial charge in [-0.1, -0.05) is 0 Å². The number of carbonyl (C=O) groups excluding carboxylic acids is 1. The first kappa shape index (κ1) is 9.48. The minimum absolute atomic E-state index is 0.00435. The van der Waals surface area contributed by atoms with E-state index in [1.54, 1.807) is 0 Å². The van der Waals surface area contributed by atoms with Crippen molar-refractivity contribution in [3.05, 3.63) is 0 Å². The standard InChI is InChI=1S/C8H16N2O2/c1-7(9)6-8(11)10-4-2-3-5-12-10/h7H,2-6,9H2,1H3. The Bertz CT molecular complexity index is 153. The molecule has 1 atom stereocenters. The number of nitrogens with zero attached hydrogens (tertiary/aromatic N) is 1. The van der Waals surface area contributed by atoms with Crippen LogP contribution in [0.2, 0.25) is 0 Å². The van der Waals surface area contributed by atoms with Gasteiger partial charge in [0.2, 0.25) is 5.91 Å². The summed E-state index contributed by atoms with van der Waals surface area (Å²) in [5, 5.41) is 1.44. The molecule has 0 radical (unpaired) electrons. The summed E-state index contributed by atoms with van der Waals surface area (Å²) in [5.74, 6) is 0.00435. The average molecular weight is 172 g/mol. The Hall–Kier alpha value is -0.610. The summed E-state index contributed by atoms with van der Waals surface area (Å²) in [4.78, 5) is 16.5. The van der Waals surface area contributed by atoms with Crippen molar-refractivity contribution < 1.29 is 9.63 Å². The van der Waals surface area contributed by atoms with Gasteiger partial charge in [0.1, 0.15) is 0 Å². The second kappa shape index (κ2) is 4.42. The van der Waals surface area contributed by atoms with E-state index in [1.807, 2.05) is 6.92 Å². The average Bonchev–Trinajstić information content (AvgIpc) is 2.05. The Kier molecular flexibility index (Phi) is 3.49. The maximum absolute atomic E-state index is 11.3. The lowest BCUT2D eigenvalue weighted by molar-refractivity contribution is -0.197. The Balaban J connectivity index is 2.30. The molecule has 1 heterocycles. The van der Waals surface area contributed by atoms with E-state index >= 15 is 0 Å². The summed E-state index contributed by atoms with van der Waals surface area (Å²) in [6.07, 6.45) is 2.45. The van der Waals surface area contributed by atoms with Crippen molar-refractivity contribution in [1.82, 2.24) is 5.06 Å². The lowest BCUT2D eigenvalue weighted by Crippen LogP contribution is -2.38. The van der Waals surface area contributed by atoms with Gasteiger partial charge in [0.05, 0.1) is 6.61 Å². The van der Waals surface area contributed by atoms with E-state index in [9.17, 15) is 4.79 Å². The number of nitrogens with two attached hydrogens (primary N) is 1. The van der Waals surface area contributed by atoms with Crippen molar-refractivity contribution in [2.75, 3.05) is 13.2 Å². The maximum Gasteiger partial charge on any atom is 0.247 e. The summed E-state index contributed by atoms with van der Waals surface area (Å²) in [6.45, 7) is 3.19. The van der Waals surface area contributed by atoms with Crippen molar-refractivity contribution >= 4 is 5.91 Å². The summed E-state index contributed by atoms with van der Waals surface area (Å²) >= 11 is 0. The molecule has 0 saturated carbocycles. The quantitative estimate of drug-likeness (QED) is 0.650. The minimum Gasteiger partial charge on any atom is -0.327 e. The smallest absolute Gasteiger partial charge is 0.247 e. The molecule has 1 amide bonds. The summed E-state index contributed by atoms with van der Waals surface area (Å²) in [7, 11) is 0. The van der Waals surface area contributed by atoms with Crippen LogP contribution in [0.3, 0.4) is 0 Å². The zero-order valence-electron chi connectivity index (χ0n) is 7.45. The maximum atomic E-state index is 11.3. The van der Waals surface area contributed by atoms with Gasteiger partial charge in [-0.25, -0.2) is 5.06 Å². The van der Waals surface area contributed by atoms with Crippen LogP contribution in [0.1, 0.15) is 26.2 Å². The van der Waals surface area contributed by atoms with Crippen molar-refractivity contribution in [2.45, 2.75) is 32.2 Å². The van der Waals surface area contributed by atoms with Crippen LogP contribution in [-0.2, 0) is 9.63 Å². The first-order chi connectivity index (χ1) is 5.70. The lowest BCUT2D eigenvalue weighted by atomic mass is 10.2. The van der Waals surface area contributed by atoms with Crippen LogP contribution in [0.15, 0.2) is 0 Å². The topological polar surface area (TPSA) is 55.6 Å². The molecule has 2 N–H and O–H groups in total. The molecule has 1 aliphatic rings. The van der Waals surface area contributed by atoms with Gasteiger partial charge in [-0.3, -0.25) is 9.63 Å². The van der Waals surface area contributed by atoms with Crippen molar-refractivity contribution in [3.8, 4) is 0 Å². The summed E-state index contributed by atoms with van der Waals surface area (Å²) < 4.78 is 0. The molecule has 1 rings (SSSR count). The zero-order chi connectivity index (χ0) is 8.97.